The predicted octanol–water partition coefficient (Wildman–Crippen LogP) is 2.89. The highest BCUT2D eigenvalue weighted by molar-refractivity contribution is 5.76. The minimum Gasteiger partial charge on any atom is -0.493 e. The third-order valence-corrected chi connectivity index (χ3v) is 2.82. The van der Waals surface area contributed by atoms with Crippen LogP contribution in [0.15, 0.2) is 42.5 Å². The third-order valence-electron chi connectivity index (χ3n) is 2.82. The quantitative estimate of drug-likeness (QED) is 0.367. The van der Waals surface area contributed by atoms with Crippen molar-refractivity contribution >= 4 is 11.7 Å². The summed E-state index contributed by atoms with van der Waals surface area (Å²) in [7, 11) is 1.35. The molecule has 0 N–H and O–H groups in total. The van der Waals surface area contributed by atoms with E-state index in [2.05, 4.69) is 0 Å². The van der Waals surface area contributed by atoms with Gasteiger partial charge in [0.2, 0.25) is 0 Å². The summed E-state index contributed by atoms with van der Waals surface area (Å²) in [5.41, 5.74) is 0.212. The number of carbonyl (C=O) groups is 1. The Morgan fingerprint density at radius 3 is 2.64 bits per heavy atom. The number of nitro groups is 1. The molecule has 0 bridgehead atoms. The highest BCUT2D eigenvalue weighted by Gasteiger charge is 2.16. The number of hydrogen-bond acceptors (Lipinski definition) is 5. The summed E-state index contributed by atoms with van der Waals surface area (Å²) >= 11 is 0. The lowest BCUT2D eigenvalue weighted by molar-refractivity contribution is -0.384. The smallest absolute Gasteiger partial charge is 0.315 e. The predicted molar refractivity (Wildman–Crippen MR) is 75.4 cm³/mol. The van der Waals surface area contributed by atoms with E-state index in [1.165, 1.54) is 37.4 Å². The van der Waals surface area contributed by atoms with Crippen LogP contribution in [0.1, 0.15) is 5.56 Å². The molecule has 0 amide bonds. The minimum atomic E-state index is -0.676. The lowest BCUT2D eigenvalue weighted by Gasteiger charge is -2.09. The Hall–Kier alpha value is -2.96. The van der Waals surface area contributed by atoms with Crippen molar-refractivity contribution in [3.05, 3.63) is 64.0 Å². The molecule has 0 aliphatic heterocycles. The second-order valence-electron chi connectivity index (χ2n) is 4.37. The molecule has 0 fully saturated rings. The van der Waals surface area contributed by atoms with Crippen LogP contribution in [0.25, 0.3) is 0 Å². The second kappa shape index (κ2) is 6.66. The van der Waals surface area contributed by atoms with E-state index >= 15 is 0 Å². The maximum atomic E-state index is 13.1. The number of nitrogens with zero attached hydrogens (tertiary/aromatic N) is 1. The molecule has 22 heavy (non-hydrogen) atoms. The van der Waals surface area contributed by atoms with Gasteiger partial charge in [-0.25, -0.2) is 4.39 Å². The monoisotopic (exact) mass is 305 g/mol. The van der Waals surface area contributed by atoms with Gasteiger partial charge in [-0.3, -0.25) is 14.9 Å². The Labute approximate surface area is 125 Å². The molecule has 0 atom stereocenters. The molecular weight excluding hydrogens is 293 g/mol. The molecule has 0 aliphatic carbocycles. The van der Waals surface area contributed by atoms with E-state index in [0.29, 0.717) is 5.56 Å². The van der Waals surface area contributed by atoms with Crippen molar-refractivity contribution in [1.29, 1.82) is 0 Å². The highest BCUT2D eigenvalue weighted by Crippen LogP contribution is 2.31. The molecule has 0 radical (unpaired) electrons. The van der Waals surface area contributed by atoms with Crippen molar-refractivity contribution in [2.45, 2.75) is 6.42 Å². The fourth-order valence-corrected chi connectivity index (χ4v) is 1.83. The summed E-state index contributed by atoms with van der Waals surface area (Å²) in [5.74, 6) is -1.00. The molecule has 2 aromatic rings. The van der Waals surface area contributed by atoms with E-state index in [4.69, 9.17) is 9.47 Å². The summed E-state index contributed by atoms with van der Waals surface area (Å²) < 4.78 is 23.1. The number of methoxy groups -OCH3 is 1. The standard InChI is InChI=1S/C15H12FNO5/c1-21-13-6-5-12(17(19)20)9-14(13)22-15(18)8-10-3-2-4-11(16)7-10/h2-7,9H,8H2,1H3. The van der Waals surface area contributed by atoms with E-state index in [1.54, 1.807) is 6.07 Å². The fraction of sp³-hybridized carbons (Fsp3) is 0.133. The number of ether oxygens (including phenoxy) is 2. The molecule has 6 nitrogen and oxygen atoms in total. The molecule has 0 spiro atoms. The van der Waals surface area contributed by atoms with Crippen LogP contribution in [0.3, 0.4) is 0 Å². The highest BCUT2D eigenvalue weighted by atomic mass is 19.1. The van der Waals surface area contributed by atoms with Crippen LogP contribution in [0.5, 0.6) is 11.5 Å². The second-order valence-corrected chi connectivity index (χ2v) is 4.37. The number of hydrogen-bond donors (Lipinski definition) is 0. The van der Waals surface area contributed by atoms with Gasteiger partial charge in [-0.1, -0.05) is 12.1 Å². The number of carbonyl (C=O) groups excluding carboxylic acids is 1. The summed E-state index contributed by atoms with van der Waals surface area (Å²) in [6, 6.07) is 9.21. The van der Waals surface area contributed by atoms with Gasteiger partial charge in [0.05, 0.1) is 24.5 Å². The number of halogens is 1. The van der Waals surface area contributed by atoms with Crippen molar-refractivity contribution < 1.29 is 23.6 Å². The van der Waals surface area contributed by atoms with Crippen molar-refractivity contribution in [2.24, 2.45) is 0 Å². The minimum absolute atomic E-state index is 0.0573. The van der Waals surface area contributed by atoms with Gasteiger partial charge in [0.15, 0.2) is 11.5 Å². The van der Waals surface area contributed by atoms with Crippen molar-refractivity contribution in [3.8, 4) is 11.5 Å². The molecule has 2 aromatic carbocycles. The zero-order chi connectivity index (χ0) is 16.1. The number of esters is 1. The normalized spacial score (nSPS) is 10.1. The Bertz CT molecular complexity index is 717. The van der Waals surface area contributed by atoms with Gasteiger partial charge in [0, 0.05) is 6.07 Å². The van der Waals surface area contributed by atoms with Gasteiger partial charge in [0.1, 0.15) is 5.82 Å². The average Bonchev–Trinajstić information content (AvgIpc) is 2.47. The van der Waals surface area contributed by atoms with E-state index in [-0.39, 0.29) is 23.6 Å². The maximum absolute atomic E-state index is 13.1. The van der Waals surface area contributed by atoms with Crippen LogP contribution in [0.2, 0.25) is 0 Å². The topological polar surface area (TPSA) is 78.7 Å². The SMILES string of the molecule is COc1ccc([N+](=O)[O-])cc1OC(=O)Cc1cccc(F)c1. The largest absolute Gasteiger partial charge is 0.493 e. The molecule has 0 saturated carbocycles. The van der Waals surface area contributed by atoms with Gasteiger partial charge in [0.25, 0.3) is 5.69 Å². The molecule has 114 valence electrons. The summed E-state index contributed by atoms with van der Waals surface area (Å²) in [4.78, 5) is 22.0. The lowest BCUT2D eigenvalue weighted by Crippen LogP contribution is -2.12. The molecule has 7 heteroatoms. The van der Waals surface area contributed by atoms with E-state index in [1.807, 2.05) is 0 Å². The first-order chi connectivity index (χ1) is 10.5. The third kappa shape index (κ3) is 3.78. The average molecular weight is 305 g/mol. The molecular formula is C15H12FNO5. The first kappa shape index (κ1) is 15.4. The number of nitro benzene ring substituents is 1. The van der Waals surface area contributed by atoms with Crippen LogP contribution >= 0.6 is 0 Å². The Balaban J connectivity index is 2.16. The van der Waals surface area contributed by atoms with Gasteiger partial charge in [-0.15, -0.1) is 0 Å². The Morgan fingerprint density at radius 2 is 2.00 bits per heavy atom. The van der Waals surface area contributed by atoms with Gasteiger partial charge < -0.3 is 9.47 Å². The lowest BCUT2D eigenvalue weighted by atomic mass is 10.1. The van der Waals surface area contributed by atoms with Crippen LogP contribution in [0, 0.1) is 15.9 Å². The Kier molecular flexibility index (Phi) is 4.67. The van der Waals surface area contributed by atoms with Crippen LogP contribution in [-0.4, -0.2) is 18.0 Å². The molecule has 0 heterocycles. The van der Waals surface area contributed by atoms with Crippen molar-refractivity contribution in [2.75, 3.05) is 7.11 Å². The first-order valence-corrected chi connectivity index (χ1v) is 6.27. The van der Waals surface area contributed by atoms with E-state index < -0.39 is 16.7 Å². The molecule has 0 saturated heterocycles. The fourth-order valence-electron chi connectivity index (χ4n) is 1.83. The van der Waals surface area contributed by atoms with Crippen LogP contribution < -0.4 is 9.47 Å². The zero-order valence-electron chi connectivity index (χ0n) is 11.6. The zero-order valence-corrected chi connectivity index (χ0v) is 11.6. The first-order valence-electron chi connectivity index (χ1n) is 6.27. The van der Waals surface area contributed by atoms with E-state index in [9.17, 15) is 19.3 Å². The Morgan fingerprint density at radius 1 is 1.23 bits per heavy atom. The van der Waals surface area contributed by atoms with Gasteiger partial charge in [-0.05, 0) is 23.8 Å². The number of benzene rings is 2. The summed E-state index contributed by atoms with van der Waals surface area (Å²) in [6.07, 6.45) is -0.163. The van der Waals surface area contributed by atoms with E-state index in [0.717, 1.165) is 6.07 Å². The van der Waals surface area contributed by atoms with Crippen molar-refractivity contribution in [1.82, 2.24) is 0 Å². The van der Waals surface area contributed by atoms with Crippen LogP contribution in [0.4, 0.5) is 10.1 Å². The molecule has 0 unspecified atom stereocenters. The van der Waals surface area contributed by atoms with Crippen molar-refractivity contribution in [3.63, 3.8) is 0 Å². The molecule has 2 rings (SSSR count). The van der Waals surface area contributed by atoms with Gasteiger partial charge in [-0.2, -0.15) is 0 Å². The summed E-state index contributed by atoms with van der Waals surface area (Å²) in [6.45, 7) is 0. The molecule has 0 aliphatic rings. The van der Waals surface area contributed by atoms with Gasteiger partial charge >= 0.3 is 5.97 Å². The number of non-ortho nitro benzene ring substituents is 1. The maximum Gasteiger partial charge on any atom is 0.315 e. The van der Waals surface area contributed by atoms with Crippen LogP contribution in [-0.2, 0) is 11.2 Å². The molecule has 0 aromatic heterocycles. The summed E-state index contributed by atoms with van der Waals surface area (Å²) in [5, 5.41) is 10.7. The number of rotatable bonds is 5.